The van der Waals surface area contributed by atoms with Crippen molar-refractivity contribution in [2.45, 2.75) is 27.7 Å². The Hall–Kier alpha value is -2.48. The minimum Gasteiger partial charge on any atom is -0.462 e. The molecule has 0 heterocycles. The van der Waals surface area contributed by atoms with E-state index in [0.717, 1.165) is 30.0 Å². The summed E-state index contributed by atoms with van der Waals surface area (Å²) in [6, 6.07) is 7.89. The van der Waals surface area contributed by atoms with E-state index in [0.29, 0.717) is 0 Å². The average Bonchev–Trinajstić information content (AvgIpc) is 2.51. The highest BCUT2D eigenvalue weighted by atomic mass is 16.5. The second kappa shape index (κ2) is 8.73. The summed E-state index contributed by atoms with van der Waals surface area (Å²) >= 11 is 0. The number of nitrogens with zero attached hydrogens (tertiary/aromatic N) is 2. The fraction of sp³-hybridized carbons (Fsp3) is 0.412. The Morgan fingerprint density at radius 2 is 2.05 bits per heavy atom. The molecule has 5 heteroatoms. The lowest BCUT2D eigenvalue weighted by molar-refractivity contribution is -0.138. The third kappa shape index (κ3) is 4.52. The molecule has 0 amide bonds. The second-order valence-electron chi connectivity index (χ2n) is 4.71. The van der Waals surface area contributed by atoms with Crippen molar-refractivity contribution >= 4 is 17.3 Å². The molecule has 1 aromatic carbocycles. The monoisotopic (exact) mass is 301 g/mol. The third-order valence-corrected chi connectivity index (χ3v) is 3.33. The largest absolute Gasteiger partial charge is 0.462 e. The third-order valence-electron chi connectivity index (χ3n) is 3.33. The van der Waals surface area contributed by atoms with Crippen LogP contribution < -0.4 is 10.2 Å². The van der Waals surface area contributed by atoms with Crippen LogP contribution in [0.2, 0.25) is 0 Å². The van der Waals surface area contributed by atoms with Crippen LogP contribution in [0.15, 0.2) is 30.0 Å². The minimum absolute atomic E-state index is 0.0472. The lowest BCUT2D eigenvalue weighted by atomic mass is 10.1. The van der Waals surface area contributed by atoms with Crippen LogP contribution in [0.3, 0.4) is 0 Å². The Morgan fingerprint density at radius 3 is 2.55 bits per heavy atom. The highest BCUT2D eigenvalue weighted by Crippen LogP contribution is 2.22. The zero-order chi connectivity index (χ0) is 16.5. The number of aryl methyl sites for hydroxylation is 1. The summed E-state index contributed by atoms with van der Waals surface area (Å²) in [6.07, 6.45) is 1.39. The zero-order valence-electron chi connectivity index (χ0n) is 13.6. The van der Waals surface area contributed by atoms with Gasteiger partial charge < -0.3 is 15.0 Å². The number of rotatable bonds is 7. The molecule has 0 radical (unpaired) electrons. The van der Waals surface area contributed by atoms with Crippen LogP contribution >= 0.6 is 0 Å². The number of nitrogens with one attached hydrogen (secondary N) is 1. The fourth-order valence-electron chi connectivity index (χ4n) is 2.09. The number of hydrogen-bond donors (Lipinski definition) is 1. The summed E-state index contributed by atoms with van der Waals surface area (Å²) in [5.41, 5.74) is 3.01. The molecule has 0 aliphatic heterocycles. The first kappa shape index (κ1) is 17.6. The molecule has 0 saturated heterocycles. The van der Waals surface area contributed by atoms with Crippen LogP contribution in [0, 0.1) is 18.3 Å². The highest BCUT2D eigenvalue weighted by molar-refractivity contribution is 5.93. The van der Waals surface area contributed by atoms with Crippen molar-refractivity contribution in [3.63, 3.8) is 0 Å². The maximum Gasteiger partial charge on any atom is 0.350 e. The van der Waals surface area contributed by atoms with Gasteiger partial charge in [0.25, 0.3) is 0 Å². The quantitative estimate of drug-likeness (QED) is 0.476. The van der Waals surface area contributed by atoms with E-state index in [9.17, 15) is 4.79 Å². The molecule has 0 unspecified atom stereocenters. The Morgan fingerprint density at radius 1 is 1.36 bits per heavy atom. The van der Waals surface area contributed by atoms with E-state index in [-0.39, 0.29) is 12.2 Å². The van der Waals surface area contributed by atoms with Crippen molar-refractivity contribution in [1.29, 1.82) is 5.26 Å². The molecular formula is C17H23N3O2. The zero-order valence-corrected chi connectivity index (χ0v) is 13.6. The highest BCUT2D eigenvalue weighted by Gasteiger charge is 2.10. The summed E-state index contributed by atoms with van der Waals surface area (Å²) in [6.45, 7) is 10.1. The van der Waals surface area contributed by atoms with Crippen LogP contribution in [0.4, 0.5) is 11.4 Å². The molecule has 118 valence electrons. The van der Waals surface area contributed by atoms with E-state index < -0.39 is 5.97 Å². The lowest BCUT2D eigenvalue weighted by Crippen LogP contribution is -2.21. The first-order valence-electron chi connectivity index (χ1n) is 7.46. The Kier molecular flexibility index (Phi) is 6.97. The van der Waals surface area contributed by atoms with Crippen LogP contribution in [0.5, 0.6) is 0 Å². The van der Waals surface area contributed by atoms with Gasteiger partial charge in [0, 0.05) is 30.7 Å². The van der Waals surface area contributed by atoms with Crippen molar-refractivity contribution in [2.24, 2.45) is 0 Å². The van der Waals surface area contributed by atoms with Gasteiger partial charge in [-0.2, -0.15) is 5.26 Å². The molecule has 0 spiro atoms. The number of esters is 1. The minimum atomic E-state index is -0.616. The van der Waals surface area contributed by atoms with Gasteiger partial charge in [0.15, 0.2) is 5.57 Å². The Balaban J connectivity index is 2.91. The van der Waals surface area contributed by atoms with Crippen molar-refractivity contribution in [3.8, 4) is 6.07 Å². The summed E-state index contributed by atoms with van der Waals surface area (Å²) < 4.78 is 4.82. The summed E-state index contributed by atoms with van der Waals surface area (Å²) in [5.74, 6) is -0.616. The standard InChI is InChI=1S/C17H23N3O2/c1-5-20(6-2)15-8-9-16(13(4)10-15)19-12-14(11-18)17(21)22-7-3/h8-10,12,19H,5-7H2,1-4H3/b14-12+. The topological polar surface area (TPSA) is 65.4 Å². The molecule has 22 heavy (non-hydrogen) atoms. The van der Waals surface area contributed by atoms with Gasteiger partial charge in [-0.25, -0.2) is 4.79 Å². The van der Waals surface area contributed by atoms with E-state index in [2.05, 4.69) is 30.1 Å². The molecule has 1 N–H and O–H groups in total. The van der Waals surface area contributed by atoms with Crippen LogP contribution in [0.25, 0.3) is 0 Å². The molecule has 1 aromatic rings. The molecule has 1 rings (SSSR count). The van der Waals surface area contributed by atoms with E-state index in [1.165, 1.54) is 6.20 Å². The van der Waals surface area contributed by atoms with Crippen molar-refractivity contribution in [3.05, 3.63) is 35.5 Å². The molecule has 0 aromatic heterocycles. The SMILES string of the molecule is CCOC(=O)/C(C#N)=C/Nc1ccc(N(CC)CC)cc1C. The number of anilines is 2. The van der Waals surface area contributed by atoms with E-state index in [1.807, 2.05) is 25.1 Å². The van der Waals surface area contributed by atoms with Crippen molar-refractivity contribution in [1.82, 2.24) is 0 Å². The molecule has 0 aliphatic rings. The summed E-state index contributed by atoms with van der Waals surface area (Å²) in [4.78, 5) is 13.8. The van der Waals surface area contributed by atoms with Gasteiger partial charge >= 0.3 is 5.97 Å². The van der Waals surface area contributed by atoms with Gasteiger partial charge in [-0.05, 0) is 51.5 Å². The average molecular weight is 301 g/mol. The van der Waals surface area contributed by atoms with Gasteiger partial charge in [0.1, 0.15) is 6.07 Å². The Bertz CT molecular complexity index is 584. The molecule has 0 fully saturated rings. The maximum absolute atomic E-state index is 11.5. The normalized spacial score (nSPS) is 10.8. The molecule has 5 nitrogen and oxygen atoms in total. The number of benzene rings is 1. The summed E-state index contributed by atoms with van der Waals surface area (Å²) in [5, 5.41) is 12.0. The van der Waals surface area contributed by atoms with Gasteiger partial charge in [0.2, 0.25) is 0 Å². The Labute approximate surface area is 132 Å². The molecule has 0 atom stereocenters. The van der Waals surface area contributed by atoms with Crippen LogP contribution in [-0.2, 0) is 9.53 Å². The van der Waals surface area contributed by atoms with E-state index in [1.54, 1.807) is 6.92 Å². The fourth-order valence-corrected chi connectivity index (χ4v) is 2.09. The molecular weight excluding hydrogens is 278 g/mol. The first-order valence-corrected chi connectivity index (χ1v) is 7.46. The first-order chi connectivity index (χ1) is 10.6. The van der Waals surface area contributed by atoms with E-state index >= 15 is 0 Å². The maximum atomic E-state index is 11.5. The predicted octanol–water partition coefficient (Wildman–Crippen LogP) is 3.22. The van der Waals surface area contributed by atoms with Gasteiger partial charge in [-0.15, -0.1) is 0 Å². The number of carbonyl (C=O) groups is 1. The number of ether oxygens (including phenoxy) is 1. The predicted molar refractivity (Wildman–Crippen MR) is 88.7 cm³/mol. The molecule has 0 bridgehead atoms. The van der Waals surface area contributed by atoms with Crippen LogP contribution in [0.1, 0.15) is 26.3 Å². The number of nitriles is 1. The molecule has 0 aliphatic carbocycles. The van der Waals surface area contributed by atoms with Gasteiger partial charge in [-0.3, -0.25) is 0 Å². The smallest absolute Gasteiger partial charge is 0.350 e. The second-order valence-corrected chi connectivity index (χ2v) is 4.71. The van der Waals surface area contributed by atoms with Gasteiger partial charge in [-0.1, -0.05) is 0 Å². The van der Waals surface area contributed by atoms with Crippen LogP contribution in [-0.4, -0.2) is 25.7 Å². The summed E-state index contributed by atoms with van der Waals surface area (Å²) in [7, 11) is 0. The van der Waals surface area contributed by atoms with Crippen molar-refractivity contribution in [2.75, 3.05) is 29.9 Å². The molecule has 0 saturated carbocycles. The van der Waals surface area contributed by atoms with Crippen molar-refractivity contribution < 1.29 is 9.53 Å². The number of hydrogen-bond acceptors (Lipinski definition) is 5. The van der Waals surface area contributed by atoms with Gasteiger partial charge in [0.05, 0.1) is 6.61 Å². The van der Waals surface area contributed by atoms with E-state index in [4.69, 9.17) is 10.00 Å². The number of carbonyl (C=O) groups excluding carboxylic acids is 1. The lowest BCUT2D eigenvalue weighted by Gasteiger charge is -2.22.